The van der Waals surface area contributed by atoms with E-state index in [0.29, 0.717) is 18.2 Å². The van der Waals surface area contributed by atoms with Gasteiger partial charge in [0.05, 0.1) is 12.3 Å². The van der Waals surface area contributed by atoms with Crippen LogP contribution in [0.5, 0.6) is 5.75 Å². The van der Waals surface area contributed by atoms with E-state index in [2.05, 4.69) is 9.97 Å². The molecule has 0 fully saturated rings. The molecule has 0 amide bonds. The first-order chi connectivity index (χ1) is 9.38. The van der Waals surface area contributed by atoms with Gasteiger partial charge in [-0.3, -0.25) is 0 Å². The molecule has 3 rings (SSSR count). The fraction of sp³-hybridized carbons (Fsp3) is 0.214. The summed E-state index contributed by atoms with van der Waals surface area (Å²) in [7, 11) is 0. The van der Waals surface area contributed by atoms with Crippen molar-refractivity contribution < 1.29 is 4.74 Å². The van der Waals surface area contributed by atoms with E-state index >= 15 is 0 Å². The van der Waals surface area contributed by atoms with Crippen LogP contribution in [-0.4, -0.2) is 23.1 Å². The third kappa shape index (κ3) is 2.20. The minimum absolute atomic E-state index is 0.368. The molecule has 1 aliphatic rings. The largest absolute Gasteiger partial charge is 0.491 e. The first-order valence-electron chi connectivity index (χ1n) is 6.11. The maximum Gasteiger partial charge on any atom is 0.231 e. The van der Waals surface area contributed by atoms with Gasteiger partial charge in [-0.15, -0.1) is 0 Å². The Balaban J connectivity index is 2.07. The average Bonchev–Trinajstić information content (AvgIpc) is 2.69. The highest BCUT2D eigenvalue weighted by Crippen LogP contribution is 2.33. The molecule has 0 spiro atoms. The molecular formula is C14H12N4O. The molecule has 5 heteroatoms. The van der Waals surface area contributed by atoms with Gasteiger partial charge < -0.3 is 9.64 Å². The maximum absolute atomic E-state index is 8.93. The predicted molar refractivity (Wildman–Crippen MR) is 70.3 cm³/mol. The standard InChI is InChI=1S/C14H12N4O/c15-10-11-6-7-16-14(17-11)18-8-3-9-19-13-5-2-1-4-12(13)18/h1-2,4-7H,3,8-9H2. The first-order valence-corrected chi connectivity index (χ1v) is 6.11. The highest BCUT2D eigenvalue weighted by Gasteiger charge is 2.19. The van der Waals surface area contributed by atoms with E-state index in [0.717, 1.165) is 24.4 Å². The van der Waals surface area contributed by atoms with E-state index in [1.54, 1.807) is 12.3 Å². The molecule has 0 saturated carbocycles. The SMILES string of the molecule is N#Cc1ccnc(N2CCCOc3ccccc32)n1. The zero-order valence-electron chi connectivity index (χ0n) is 10.3. The van der Waals surface area contributed by atoms with Crippen molar-refractivity contribution in [1.82, 2.24) is 9.97 Å². The van der Waals surface area contributed by atoms with E-state index in [1.807, 2.05) is 35.2 Å². The molecule has 1 aromatic carbocycles. The van der Waals surface area contributed by atoms with Gasteiger partial charge in [0, 0.05) is 12.7 Å². The summed E-state index contributed by atoms with van der Waals surface area (Å²) in [4.78, 5) is 10.5. The second-order valence-electron chi connectivity index (χ2n) is 4.18. The molecule has 0 bridgehead atoms. The van der Waals surface area contributed by atoms with Crippen molar-refractivity contribution >= 4 is 11.6 Å². The molecule has 2 heterocycles. The number of benzene rings is 1. The van der Waals surface area contributed by atoms with Crippen LogP contribution >= 0.6 is 0 Å². The van der Waals surface area contributed by atoms with Crippen molar-refractivity contribution in [3.63, 3.8) is 0 Å². The van der Waals surface area contributed by atoms with Gasteiger partial charge in [-0.2, -0.15) is 5.26 Å². The van der Waals surface area contributed by atoms with E-state index in [4.69, 9.17) is 10.00 Å². The van der Waals surface area contributed by atoms with Gasteiger partial charge in [0.25, 0.3) is 0 Å². The van der Waals surface area contributed by atoms with Gasteiger partial charge in [-0.05, 0) is 24.6 Å². The van der Waals surface area contributed by atoms with Crippen molar-refractivity contribution in [2.45, 2.75) is 6.42 Å². The lowest BCUT2D eigenvalue weighted by atomic mass is 10.2. The zero-order chi connectivity index (χ0) is 13.1. The summed E-state index contributed by atoms with van der Waals surface area (Å²) in [6, 6.07) is 11.4. The number of ether oxygens (including phenoxy) is 1. The molecule has 1 aliphatic heterocycles. The van der Waals surface area contributed by atoms with Crippen LogP contribution in [0.2, 0.25) is 0 Å². The number of anilines is 2. The van der Waals surface area contributed by atoms with Crippen molar-refractivity contribution in [2.75, 3.05) is 18.1 Å². The third-order valence-corrected chi connectivity index (χ3v) is 2.94. The number of aromatic nitrogens is 2. The molecule has 0 N–H and O–H groups in total. The maximum atomic E-state index is 8.93. The van der Waals surface area contributed by atoms with Gasteiger partial charge in [0.1, 0.15) is 17.5 Å². The molecular weight excluding hydrogens is 240 g/mol. The Kier molecular flexibility index (Phi) is 2.99. The number of rotatable bonds is 1. The number of hydrogen-bond donors (Lipinski definition) is 0. The fourth-order valence-corrected chi connectivity index (χ4v) is 2.08. The smallest absolute Gasteiger partial charge is 0.231 e. The topological polar surface area (TPSA) is 62.0 Å². The quantitative estimate of drug-likeness (QED) is 0.779. The van der Waals surface area contributed by atoms with Gasteiger partial charge in [0.15, 0.2) is 0 Å². The normalized spacial score (nSPS) is 13.9. The molecule has 0 aliphatic carbocycles. The lowest BCUT2D eigenvalue weighted by Crippen LogP contribution is -2.20. The molecule has 0 saturated heterocycles. The Morgan fingerprint density at radius 2 is 2.16 bits per heavy atom. The molecule has 1 aromatic heterocycles. The van der Waals surface area contributed by atoms with Crippen molar-refractivity contribution in [1.29, 1.82) is 5.26 Å². The lowest BCUT2D eigenvalue weighted by molar-refractivity contribution is 0.322. The van der Waals surface area contributed by atoms with Crippen molar-refractivity contribution in [3.05, 3.63) is 42.2 Å². The van der Waals surface area contributed by atoms with Crippen LogP contribution in [0.1, 0.15) is 12.1 Å². The highest BCUT2D eigenvalue weighted by molar-refractivity contribution is 5.65. The molecule has 5 nitrogen and oxygen atoms in total. The average molecular weight is 252 g/mol. The Morgan fingerprint density at radius 1 is 1.26 bits per heavy atom. The number of fused-ring (bicyclic) bond motifs is 1. The summed E-state index contributed by atoms with van der Waals surface area (Å²) in [5.74, 6) is 1.36. The van der Waals surface area contributed by atoms with Crippen molar-refractivity contribution in [2.24, 2.45) is 0 Å². The van der Waals surface area contributed by atoms with Crippen LogP contribution in [0.4, 0.5) is 11.6 Å². The van der Waals surface area contributed by atoms with Crippen LogP contribution in [-0.2, 0) is 0 Å². The van der Waals surface area contributed by atoms with E-state index in [-0.39, 0.29) is 0 Å². The Bertz CT molecular complexity index is 635. The summed E-state index contributed by atoms with van der Waals surface area (Å²) in [6.45, 7) is 1.44. The monoisotopic (exact) mass is 252 g/mol. The van der Waals surface area contributed by atoms with Crippen LogP contribution < -0.4 is 9.64 Å². The van der Waals surface area contributed by atoms with Crippen LogP contribution in [0.15, 0.2) is 36.5 Å². The lowest BCUT2D eigenvalue weighted by Gasteiger charge is -2.21. The predicted octanol–water partition coefficient (Wildman–Crippen LogP) is 2.27. The summed E-state index contributed by atoms with van der Waals surface area (Å²) >= 11 is 0. The summed E-state index contributed by atoms with van der Waals surface area (Å²) in [5.41, 5.74) is 1.31. The molecule has 2 aromatic rings. The van der Waals surface area contributed by atoms with Crippen molar-refractivity contribution in [3.8, 4) is 11.8 Å². The Morgan fingerprint density at radius 3 is 3.05 bits per heavy atom. The fourth-order valence-electron chi connectivity index (χ4n) is 2.08. The molecule has 0 atom stereocenters. The third-order valence-electron chi connectivity index (χ3n) is 2.94. The minimum Gasteiger partial charge on any atom is -0.491 e. The molecule has 94 valence electrons. The summed E-state index contributed by atoms with van der Waals surface area (Å²) < 4.78 is 5.69. The zero-order valence-corrected chi connectivity index (χ0v) is 10.3. The Labute approximate surface area is 111 Å². The van der Waals surface area contributed by atoms with Crippen LogP contribution in [0.3, 0.4) is 0 Å². The molecule has 0 unspecified atom stereocenters. The van der Waals surface area contributed by atoms with Crippen LogP contribution in [0.25, 0.3) is 0 Å². The Hall–Kier alpha value is -2.61. The molecule has 0 radical (unpaired) electrons. The number of para-hydroxylation sites is 2. The van der Waals surface area contributed by atoms with Gasteiger partial charge >= 0.3 is 0 Å². The van der Waals surface area contributed by atoms with Crippen LogP contribution in [0, 0.1) is 11.3 Å². The highest BCUT2D eigenvalue weighted by atomic mass is 16.5. The van der Waals surface area contributed by atoms with Gasteiger partial charge in [-0.25, -0.2) is 9.97 Å². The number of hydrogen-bond acceptors (Lipinski definition) is 5. The number of nitrogens with zero attached hydrogens (tertiary/aromatic N) is 4. The summed E-state index contributed by atoms with van der Waals surface area (Å²) in [6.07, 6.45) is 2.49. The van der Waals surface area contributed by atoms with Gasteiger partial charge in [0.2, 0.25) is 5.95 Å². The second kappa shape index (κ2) is 4.94. The first kappa shape index (κ1) is 11.5. The second-order valence-corrected chi connectivity index (χ2v) is 4.18. The minimum atomic E-state index is 0.368. The van der Waals surface area contributed by atoms with Gasteiger partial charge in [-0.1, -0.05) is 12.1 Å². The summed E-state index contributed by atoms with van der Waals surface area (Å²) in [5, 5.41) is 8.93. The van der Waals surface area contributed by atoms with E-state index in [1.165, 1.54) is 0 Å². The van der Waals surface area contributed by atoms with E-state index in [9.17, 15) is 0 Å². The number of nitriles is 1. The van der Waals surface area contributed by atoms with E-state index < -0.39 is 0 Å². The molecule has 19 heavy (non-hydrogen) atoms.